The van der Waals surface area contributed by atoms with Gasteiger partial charge in [0.25, 0.3) is 5.91 Å². The van der Waals surface area contributed by atoms with E-state index in [0.717, 1.165) is 22.6 Å². The van der Waals surface area contributed by atoms with Crippen LogP contribution in [-0.2, 0) is 14.4 Å². The highest BCUT2D eigenvalue weighted by Crippen LogP contribution is 2.49. The number of fused-ring (bicyclic) bond motifs is 1. The van der Waals surface area contributed by atoms with Gasteiger partial charge in [0.15, 0.2) is 17.6 Å². The predicted molar refractivity (Wildman–Crippen MR) is 137 cm³/mol. The fourth-order valence-electron chi connectivity index (χ4n) is 4.73. The number of nitrogens with zero attached hydrogens (tertiary/aromatic N) is 2. The molecular weight excluding hydrogens is 480 g/mol. The summed E-state index contributed by atoms with van der Waals surface area (Å²) in [5.74, 6) is -0.346. The number of para-hydroxylation sites is 2. The van der Waals surface area contributed by atoms with Crippen molar-refractivity contribution in [1.82, 2.24) is 0 Å². The second kappa shape index (κ2) is 10.2. The van der Waals surface area contributed by atoms with Gasteiger partial charge in [0.1, 0.15) is 5.92 Å². The summed E-state index contributed by atoms with van der Waals surface area (Å²) in [6.45, 7) is 4.96. The molecule has 0 radical (unpaired) electrons. The number of ether oxygens (including phenoxy) is 2. The molecule has 0 bridgehead atoms. The van der Waals surface area contributed by atoms with Crippen LogP contribution < -0.4 is 19.4 Å². The summed E-state index contributed by atoms with van der Waals surface area (Å²) in [6, 6.07) is 21.3. The number of carbonyl (C=O) groups is 2. The molecule has 2 aliphatic heterocycles. The van der Waals surface area contributed by atoms with E-state index < -0.39 is 24.0 Å². The summed E-state index contributed by atoms with van der Waals surface area (Å²) in [5, 5.41) is 1.99. The largest absolute Gasteiger partial charge is 0.490 e. The Bertz CT molecular complexity index is 1270. The minimum Gasteiger partial charge on any atom is -0.490 e. The molecule has 186 valence electrons. The fraction of sp³-hybridized carbons (Fsp3) is 0.286. The molecule has 0 spiro atoms. The molecule has 0 unspecified atom stereocenters. The van der Waals surface area contributed by atoms with Crippen LogP contribution in [0.1, 0.15) is 31.9 Å². The summed E-state index contributed by atoms with van der Waals surface area (Å²) in [5.41, 5.74) is 1.88. The van der Waals surface area contributed by atoms with Crippen LogP contribution in [0, 0.1) is 5.92 Å². The maximum atomic E-state index is 13.8. The lowest BCUT2D eigenvalue weighted by molar-refractivity contribution is -0.126. The minimum absolute atomic E-state index is 0.326. The Kier molecular flexibility index (Phi) is 6.85. The highest BCUT2D eigenvalue weighted by atomic mass is 35.5. The SMILES string of the molecule is CCCOc1ccc([C@H]2[C@H]3C(=O)N(c4ccccc4Cl)C(=O)[C@H]3ON2c2ccccc2)cc1OCC. The third kappa shape index (κ3) is 4.18. The Morgan fingerprint density at radius 1 is 0.889 bits per heavy atom. The predicted octanol–water partition coefficient (Wildman–Crippen LogP) is 5.58. The molecule has 2 aliphatic rings. The zero-order chi connectivity index (χ0) is 25.2. The van der Waals surface area contributed by atoms with E-state index in [9.17, 15) is 9.59 Å². The van der Waals surface area contributed by atoms with Gasteiger partial charge in [0.2, 0.25) is 5.91 Å². The van der Waals surface area contributed by atoms with Crippen molar-refractivity contribution in [3.63, 3.8) is 0 Å². The lowest BCUT2D eigenvalue weighted by Crippen LogP contribution is -2.37. The van der Waals surface area contributed by atoms with Gasteiger partial charge in [-0.25, -0.2) is 9.96 Å². The highest BCUT2D eigenvalue weighted by molar-refractivity contribution is 6.36. The van der Waals surface area contributed by atoms with Gasteiger partial charge in [-0.05, 0) is 55.3 Å². The van der Waals surface area contributed by atoms with Crippen molar-refractivity contribution < 1.29 is 23.9 Å². The third-order valence-corrected chi connectivity index (χ3v) is 6.61. The second-order valence-electron chi connectivity index (χ2n) is 8.61. The molecule has 0 N–H and O–H groups in total. The van der Waals surface area contributed by atoms with Gasteiger partial charge in [-0.1, -0.05) is 54.9 Å². The lowest BCUT2D eigenvalue weighted by Gasteiger charge is -2.29. The number of hydrogen-bond acceptors (Lipinski definition) is 6. The van der Waals surface area contributed by atoms with Gasteiger partial charge in [-0.2, -0.15) is 0 Å². The zero-order valence-electron chi connectivity index (χ0n) is 20.1. The van der Waals surface area contributed by atoms with Crippen molar-refractivity contribution in [1.29, 1.82) is 0 Å². The topological polar surface area (TPSA) is 68.3 Å². The molecule has 3 aromatic rings. The molecule has 2 amide bonds. The highest BCUT2D eigenvalue weighted by Gasteiger charge is 2.60. The number of imide groups is 1. The van der Waals surface area contributed by atoms with Crippen LogP contribution in [0.2, 0.25) is 5.02 Å². The number of rotatable bonds is 8. The van der Waals surface area contributed by atoms with Crippen LogP contribution in [-0.4, -0.2) is 31.1 Å². The van der Waals surface area contributed by atoms with E-state index >= 15 is 0 Å². The van der Waals surface area contributed by atoms with Crippen LogP contribution in [0.25, 0.3) is 0 Å². The summed E-state index contributed by atoms with van der Waals surface area (Å²) in [7, 11) is 0. The maximum absolute atomic E-state index is 13.8. The van der Waals surface area contributed by atoms with Crippen LogP contribution in [0.3, 0.4) is 0 Å². The van der Waals surface area contributed by atoms with Crippen molar-refractivity contribution in [2.75, 3.05) is 23.2 Å². The van der Waals surface area contributed by atoms with Crippen molar-refractivity contribution in [3.05, 3.63) is 83.4 Å². The fourth-order valence-corrected chi connectivity index (χ4v) is 4.95. The molecule has 0 aromatic heterocycles. The van der Waals surface area contributed by atoms with E-state index in [1.54, 1.807) is 29.3 Å². The molecule has 3 atom stereocenters. The molecule has 7 nitrogen and oxygen atoms in total. The average molecular weight is 507 g/mol. The molecule has 0 saturated carbocycles. The second-order valence-corrected chi connectivity index (χ2v) is 9.02. The Morgan fingerprint density at radius 3 is 2.36 bits per heavy atom. The smallest absolute Gasteiger partial charge is 0.266 e. The Balaban J connectivity index is 1.59. The molecule has 2 fully saturated rings. The summed E-state index contributed by atoms with van der Waals surface area (Å²) >= 11 is 6.36. The number of halogens is 1. The van der Waals surface area contributed by atoms with E-state index in [1.165, 1.54) is 0 Å². The van der Waals surface area contributed by atoms with E-state index in [-0.39, 0.29) is 5.91 Å². The number of hydrogen-bond donors (Lipinski definition) is 0. The van der Waals surface area contributed by atoms with Crippen molar-refractivity contribution in [2.45, 2.75) is 32.4 Å². The first-order valence-corrected chi connectivity index (χ1v) is 12.5. The molecule has 2 saturated heterocycles. The Hall–Kier alpha value is -3.55. The minimum atomic E-state index is -0.981. The van der Waals surface area contributed by atoms with Gasteiger partial charge in [-0.15, -0.1) is 0 Å². The molecule has 2 heterocycles. The number of anilines is 2. The lowest BCUT2D eigenvalue weighted by atomic mass is 9.90. The first-order valence-electron chi connectivity index (χ1n) is 12.1. The standard InChI is InChI=1S/C28H27ClN2O5/c1-3-16-35-22-15-14-18(17-23(22)34-4-2)25-24-26(36-31(25)19-10-6-5-7-11-19)28(33)30(27(24)32)21-13-9-8-12-20(21)29/h5-15,17,24-26H,3-4,16H2,1-2H3/t24-,25+,26+/m1/s1. The van der Waals surface area contributed by atoms with Gasteiger partial charge < -0.3 is 9.47 Å². The maximum Gasteiger partial charge on any atom is 0.266 e. The van der Waals surface area contributed by atoms with Gasteiger partial charge in [0.05, 0.1) is 35.7 Å². The van der Waals surface area contributed by atoms with Crippen LogP contribution >= 0.6 is 11.6 Å². The average Bonchev–Trinajstić information content (AvgIpc) is 3.40. The summed E-state index contributed by atoms with van der Waals surface area (Å²) in [4.78, 5) is 34.7. The van der Waals surface area contributed by atoms with Crippen LogP contribution in [0.15, 0.2) is 72.8 Å². The number of amides is 2. The Labute approximate surface area is 215 Å². The first kappa shape index (κ1) is 24.2. The number of benzene rings is 3. The molecule has 5 rings (SSSR count). The Morgan fingerprint density at radius 2 is 1.64 bits per heavy atom. The van der Waals surface area contributed by atoms with Gasteiger partial charge >= 0.3 is 0 Å². The van der Waals surface area contributed by atoms with E-state index in [4.69, 9.17) is 25.9 Å². The van der Waals surface area contributed by atoms with Crippen molar-refractivity contribution in [2.24, 2.45) is 5.92 Å². The molecule has 8 heteroatoms. The number of hydroxylamine groups is 1. The van der Waals surface area contributed by atoms with Gasteiger partial charge in [-0.3, -0.25) is 14.4 Å². The van der Waals surface area contributed by atoms with Crippen LogP contribution in [0.5, 0.6) is 11.5 Å². The van der Waals surface area contributed by atoms with Crippen molar-refractivity contribution >= 4 is 34.8 Å². The van der Waals surface area contributed by atoms with Gasteiger partial charge in [0, 0.05) is 0 Å². The van der Waals surface area contributed by atoms with Crippen molar-refractivity contribution in [3.8, 4) is 11.5 Å². The zero-order valence-corrected chi connectivity index (χ0v) is 20.9. The quantitative estimate of drug-likeness (QED) is 0.372. The first-order chi connectivity index (χ1) is 17.5. The van der Waals surface area contributed by atoms with E-state index in [1.807, 2.05) is 62.4 Å². The summed E-state index contributed by atoms with van der Waals surface area (Å²) < 4.78 is 11.7. The number of carbonyl (C=O) groups excluding carboxylic acids is 2. The summed E-state index contributed by atoms with van der Waals surface area (Å²) in [6.07, 6.45) is -0.116. The molecule has 36 heavy (non-hydrogen) atoms. The van der Waals surface area contributed by atoms with E-state index in [0.29, 0.717) is 35.4 Å². The third-order valence-electron chi connectivity index (χ3n) is 6.29. The molecule has 0 aliphatic carbocycles. The molecule has 3 aromatic carbocycles. The van der Waals surface area contributed by atoms with E-state index in [2.05, 4.69) is 0 Å². The molecular formula is C28H27ClN2O5. The normalized spacial score (nSPS) is 21.1. The van der Waals surface area contributed by atoms with Crippen LogP contribution in [0.4, 0.5) is 11.4 Å². The monoisotopic (exact) mass is 506 g/mol.